The van der Waals surface area contributed by atoms with E-state index in [1.165, 1.54) is 60.4 Å². The smallest absolute Gasteiger partial charge is 0.164 e. The minimum atomic E-state index is 0.649. The minimum Gasteiger partial charge on any atom is -0.308 e. The number of hydrogen-bond donors (Lipinski definition) is 0. The topological polar surface area (TPSA) is 43.6 Å². The zero-order chi connectivity index (χ0) is 36.0. The van der Waals surface area contributed by atoms with Crippen molar-refractivity contribution in [1.29, 1.82) is 0 Å². The van der Waals surface area contributed by atoms with Crippen molar-refractivity contribution in [3.63, 3.8) is 0 Å². The molecule has 0 bridgehead atoms. The van der Waals surface area contributed by atoms with Crippen molar-refractivity contribution in [1.82, 2.24) is 19.5 Å². The van der Waals surface area contributed by atoms with E-state index >= 15 is 0 Å². The van der Waals surface area contributed by atoms with Crippen molar-refractivity contribution in [2.24, 2.45) is 0 Å². The molecule has 0 fully saturated rings. The van der Waals surface area contributed by atoms with Crippen LogP contribution in [0.2, 0.25) is 0 Å². The second-order valence-corrected chi connectivity index (χ2v) is 14.9. The van der Waals surface area contributed by atoms with E-state index in [1.54, 1.807) is 0 Å². The highest BCUT2D eigenvalue weighted by Crippen LogP contribution is 2.43. The van der Waals surface area contributed by atoms with Gasteiger partial charge in [0.25, 0.3) is 0 Å². The Morgan fingerprint density at radius 3 is 1.85 bits per heavy atom. The number of rotatable bonds is 8. The molecule has 0 N–H and O–H groups in total. The lowest BCUT2D eigenvalue weighted by Crippen LogP contribution is -2.01. The first-order chi connectivity index (χ1) is 26.7. The van der Waals surface area contributed by atoms with Crippen LogP contribution in [0.1, 0.15) is 25.3 Å². The van der Waals surface area contributed by atoms with Gasteiger partial charge in [0.2, 0.25) is 0 Å². The second-order valence-electron chi connectivity index (χ2n) is 13.9. The zero-order valence-electron chi connectivity index (χ0n) is 29.9. The number of aromatic nitrogens is 4. The Labute approximate surface area is 318 Å². The van der Waals surface area contributed by atoms with Gasteiger partial charge in [-0.15, -0.1) is 11.3 Å². The second kappa shape index (κ2) is 13.5. The fraction of sp³-hybridized carbons (Fsp3) is 0.0816. The molecule has 0 aliphatic carbocycles. The molecule has 3 heterocycles. The van der Waals surface area contributed by atoms with E-state index in [0.717, 1.165) is 39.9 Å². The molecule has 5 heteroatoms. The van der Waals surface area contributed by atoms with Crippen molar-refractivity contribution in [2.75, 3.05) is 0 Å². The van der Waals surface area contributed by atoms with Gasteiger partial charge in [-0.25, -0.2) is 15.0 Å². The summed E-state index contributed by atoms with van der Waals surface area (Å²) >= 11 is 1.87. The van der Waals surface area contributed by atoms with Gasteiger partial charge in [0.15, 0.2) is 17.5 Å². The van der Waals surface area contributed by atoms with Crippen LogP contribution in [0.4, 0.5) is 0 Å². The first kappa shape index (κ1) is 32.2. The maximum absolute atomic E-state index is 5.12. The fourth-order valence-electron chi connectivity index (χ4n) is 7.69. The van der Waals surface area contributed by atoms with Crippen molar-refractivity contribution >= 4 is 53.3 Å². The van der Waals surface area contributed by atoms with Crippen molar-refractivity contribution in [3.05, 3.63) is 169 Å². The molecular formula is C49H36N4S. The maximum Gasteiger partial charge on any atom is 0.164 e. The first-order valence-electron chi connectivity index (χ1n) is 18.7. The van der Waals surface area contributed by atoms with Crippen LogP contribution in [0.5, 0.6) is 0 Å². The number of unbranched alkanes of at least 4 members (excludes halogenated alkanes) is 1. The van der Waals surface area contributed by atoms with Gasteiger partial charge in [-0.1, -0.05) is 135 Å². The van der Waals surface area contributed by atoms with E-state index in [0.29, 0.717) is 17.5 Å². The average molecular weight is 713 g/mol. The molecule has 258 valence electrons. The highest BCUT2D eigenvalue weighted by molar-refractivity contribution is 7.26. The number of para-hydroxylation sites is 1. The summed E-state index contributed by atoms with van der Waals surface area (Å²) in [5.41, 5.74) is 10.0. The van der Waals surface area contributed by atoms with Crippen LogP contribution in [0.3, 0.4) is 0 Å². The molecule has 0 aliphatic rings. The summed E-state index contributed by atoms with van der Waals surface area (Å²) in [5.74, 6) is 1.97. The Hall–Kier alpha value is -6.43. The van der Waals surface area contributed by atoms with Crippen molar-refractivity contribution < 1.29 is 0 Å². The summed E-state index contributed by atoms with van der Waals surface area (Å²) in [4.78, 5) is 15.3. The van der Waals surface area contributed by atoms with Crippen LogP contribution < -0.4 is 0 Å². The Balaban J connectivity index is 1.11. The van der Waals surface area contributed by atoms with Crippen LogP contribution in [0, 0.1) is 0 Å². The third-order valence-corrected chi connectivity index (χ3v) is 11.7. The number of aryl methyl sites for hydroxylation is 1. The van der Waals surface area contributed by atoms with Crippen molar-refractivity contribution in [2.45, 2.75) is 26.2 Å². The predicted octanol–water partition coefficient (Wildman–Crippen LogP) is 13.3. The van der Waals surface area contributed by atoms with Gasteiger partial charge in [-0.05, 0) is 72.0 Å². The molecule has 0 amide bonds. The van der Waals surface area contributed by atoms with Gasteiger partial charge in [-0.3, -0.25) is 0 Å². The van der Waals surface area contributed by atoms with Crippen LogP contribution in [-0.2, 0) is 6.42 Å². The van der Waals surface area contributed by atoms with Gasteiger partial charge in [0, 0.05) is 48.6 Å². The van der Waals surface area contributed by atoms with Gasteiger partial charge in [0.1, 0.15) is 0 Å². The average Bonchev–Trinajstić information content (AvgIpc) is 3.79. The molecule has 3 aromatic heterocycles. The third kappa shape index (κ3) is 5.65. The zero-order valence-corrected chi connectivity index (χ0v) is 30.7. The van der Waals surface area contributed by atoms with Crippen LogP contribution in [0.15, 0.2) is 164 Å². The molecule has 0 saturated heterocycles. The summed E-state index contributed by atoms with van der Waals surface area (Å²) in [6, 6.07) is 58.4. The quantitative estimate of drug-likeness (QED) is 0.158. The molecule has 0 radical (unpaired) electrons. The standard InChI is InChI=1S/C49H36N4S/c1-2-3-12-32-21-23-34(24-22-32)47-50-48(52-49(51-47)37-16-11-15-36(31-37)33-13-5-4-6-14-33)35-25-27-38(28-26-35)53-43-19-9-7-17-39(43)41-29-30-42-40-18-8-10-20-44(40)54-46(42)45(41)53/h4-11,13-31H,2-3,12H2,1H3. The van der Waals surface area contributed by atoms with E-state index in [2.05, 4.69) is 169 Å². The van der Waals surface area contributed by atoms with Crippen LogP contribution >= 0.6 is 11.3 Å². The molecule has 4 nitrogen and oxygen atoms in total. The number of hydrogen-bond acceptors (Lipinski definition) is 4. The predicted molar refractivity (Wildman–Crippen MR) is 227 cm³/mol. The Kier molecular flexibility index (Phi) is 8.07. The first-order valence-corrected chi connectivity index (χ1v) is 19.5. The van der Waals surface area contributed by atoms with Gasteiger partial charge in [0.05, 0.1) is 15.7 Å². The summed E-state index contributed by atoms with van der Waals surface area (Å²) in [6.07, 6.45) is 3.43. The lowest BCUT2D eigenvalue weighted by atomic mass is 10.0. The highest BCUT2D eigenvalue weighted by Gasteiger charge is 2.19. The lowest BCUT2D eigenvalue weighted by Gasteiger charge is -2.12. The largest absolute Gasteiger partial charge is 0.308 e. The molecule has 54 heavy (non-hydrogen) atoms. The molecule has 0 aliphatic heterocycles. The van der Waals surface area contributed by atoms with E-state index < -0.39 is 0 Å². The summed E-state index contributed by atoms with van der Waals surface area (Å²) < 4.78 is 5.03. The molecule has 0 spiro atoms. The van der Waals surface area contributed by atoms with E-state index in [4.69, 9.17) is 15.0 Å². The van der Waals surface area contributed by atoms with E-state index in [-0.39, 0.29) is 0 Å². The molecule has 0 unspecified atom stereocenters. The Morgan fingerprint density at radius 2 is 1.09 bits per heavy atom. The molecule has 7 aromatic carbocycles. The minimum absolute atomic E-state index is 0.649. The number of benzene rings is 7. The third-order valence-electron chi connectivity index (χ3n) is 10.5. The lowest BCUT2D eigenvalue weighted by molar-refractivity contribution is 0.795. The summed E-state index contributed by atoms with van der Waals surface area (Å²) in [5, 5.41) is 5.11. The summed E-state index contributed by atoms with van der Waals surface area (Å²) in [6.45, 7) is 2.23. The maximum atomic E-state index is 5.12. The number of nitrogens with zero attached hydrogens (tertiary/aromatic N) is 4. The monoisotopic (exact) mass is 712 g/mol. The van der Waals surface area contributed by atoms with Gasteiger partial charge in [-0.2, -0.15) is 0 Å². The van der Waals surface area contributed by atoms with Crippen molar-refractivity contribution in [3.8, 4) is 51.0 Å². The Bertz CT molecular complexity index is 2960. The van der Waals surface area contributed by atoms with Gasteiger partial charge >= 0.3 is 0 Å². The molecule has 10 rings (SSSR count). The fourth-order valence-corrected chi connectivity index (χ4v) is 8.93. The molecule has 0 atom stereocenters. The SMILES string of the molecule is CCCCc1ccc(-c2nc(-c3ccc(-n4c5ccccc5c5ccc6c7ccccc7sc6c54)cc3)nc(-c3cccc(-c4ccccc4)c3)n2)cc1. The van der Waals surface area contributed by atoms with E-state index in [1.807, 2.05) is 17.4 Å². The molecular weight excluding hydrogens is 677 g/mol. The van der Waals surface area contributed by atoms with Crippen LogP contribution in [-0.4, -0.2) is 19.5 Å². The molecule has 0 saturated carbocycles. The molecule has 10 aromatic rings. The van der Waals surface area contributed by atoms with Gasteiger partial charge < -0.3 is 4.57 Å². The summed E-state index contributed by atoms with van der Waals surface area (Å²) in [7, 11) is 0. The number of thiophene rings is 1. The Morgan fingerprint density at radius 1 is 0.481 bits per heavy atom. The highest BCUT2D eigenvalue weighted by atomic mass is 32.1. The normalized spacial score (nSPS) is 11.6. The number of fused-ring (bicyclic) bond motifs is 7. The van der Waals surface area contributed by atoms with Crippen LogP contribution in [0.25, 0.3) is 93.0 Å². The van der Waals surface area contributed by atoms with E-state index in [9.17, 15) is 0 Å².